The van der Waals surface area contributed by atoms with Gasteiger partial charge in [-0.3, -0.25) is 10.1 Å². The van der Waals surface area contributed by atoms with E-state index in [-0.39, 0.29) is 5.91 Å². The Morgan fingerprint density at radius 3 is 2.69 bits per heavy atom. The summed E-state index contributed by atoms with van der Waals surface area (Å²) in [5.74, 6) is 2.66. The first kappa shape index (κ1) is 13.1. The highest BCUT2D eigenvalue weighted by Gasteiger charge is 2.23. The molecule has 1 aliphatic carbocycles. The van der Waals surface area contributed by atoms with E-state index in [1.54, 1.807) is 0 Å². The third kappa shape index (κ3) is 3.86. The Kier molecular flexibility index (Phi) is 5.95. The van der Waals surface area contributed by atoms with Crippen molar-refractivity contribution in [3.8, 4) is 12.3 Å². The lowest BCUT2D eigenvalue weighted by Gasteiger charge is -2.33. The molecule has 0 aromatic heterocycles. The standard InChI is InChI=1S/C13H22N2O/c1-3-10-14-11-13(16)15(4-2)12-8-6-5-7-9-12/h1,12,14H,4-11H2,2H3. The lowest BCUT2D eigenvalue weighted by Crippen LogP contribution is -2.45. The molecule has 3 nitrogen and oxygen atoms in total. The van der Waals surface area contributed by atoms with Gasteiger partial charge in [-0.1, -0.05) is 25.2 Å². The zero-order chi connectivity index (χ0) is 11.8. The first-order chi connectivity index (χ1) is 7.79. The summed E-state index contributed by atoms with van der Waals surface area (Å²) in [6.45, 7) is 3.69. The SMILES string of the molecule is C#CCNCC(=O)N(CC)C1CCCCC1. The third-order valence-corrected chi connectivity index (χ3v) is 3.18. The van der Waals surface area contributed by atoms with Crippen LogP contribution in [0.5, 0.6) is 0 Å². The minimum Gasteiger partial charge on any atom is -0.339 e. The molecule has 90 valence electrons. The molecule has 1 amide bonds. The van der Waals surface area contributed by atoms with Gasteiger partial charge in [0, 0.05) is 12.6 Å². The number of rotatable bonds is 5. The van der Waals surface area contributed by atoms with Gasteiger partial charge in [0.15, 0.2) is 0 Å². The van der Waals surface area contributed by atoms with Crippen LogP contribution >= 0.6 is 0 Å². The van der Waals surface area contributed by atoms with Gasteiger partial charge in [-0.15, -0.1) is 6.42 Å². The quantitative estimate of drug-likeness (QED) is 0.563. The molecule has 0 aliphatic heterocycles. The monoisotopic (exact) mass is 222 g/mol. The maximum atomic E-state index is 11.9. The maximum absolute atomic E-state index is 11.9. The smallest absolute Gasteiger partial charge is 0.236 e. The van der Waals surface area contributed by atoms with Crippen molar-refractivity contribution in [3.05, 3.63) is 0 Å². The van der Waals surface area contributed by atoms with Gasteiger partial charge in [-0.25, -0.2) is 0 Å². The van der Waals surface area contributed by atoms with E-state index in [0.717, 1.165) is 19.4 Å². The molecule has 16 heavy (non-hydrogen) atoms. The van der Waals surface area contributed by atoms with E-state index in [1.165, 1.54) is 19.3 Å². The van der Waals surface area contributed by atoms with Gasteiger partial charge in [0.25, 0.3) is 0 Å². The van der Waals surface area contributed by atoms with Crippen molar-refractivity contribution in [3.63, 3.8) is 0 Å². The van der Waals surface area contributed by atoms with Gasteiger partial charge < -0.3 is 4.90 Å². The van der Waals surface area contributed by atoms with Gasteiger partial charge in [-0.2, -0.15) is 0 Å². The molecule has 3 heteroatoms. The summed E-state index contributed by atoms with van der Waals surface area (Å²) in [6.07, 6.45) is 11.3. The molecule has 0 spiro atoms. The largest absolute Gasteiger partial charge is 0.339 e. The van der Waals surface area contributed by atoms with E-state index in [2.05, 4.69) is 11.2 Å². The Hall–Kier alpha value is -1.01. The minimum atomic E-state index is 0.185. The van der Waals surface area contributed by atoms with Crippen LogP contribution < -0.4 is 5.32 Å². The highest BCUT2D eigenvalue weighted by atomic mass is 16.2. The highest BCUT2D eigenvalue weighted by molar-refractivity contribution is 5.78. The van der Waals surface area contributed by atoms with Gasteiger partial charge >= 0.3 is 0 Å². The van der Waals surface area contributed by atoms with Crippen LogP contribution in [0.25, 0.3) is 0 Å². The van der Waals surface area contributed by atoms with E-state index in [4.69, 9.17) is 6.42 Å². The Labute approximate surface area is 98.6 Å². The molecule has 0 aromatic carbocycles. The molecule has 0 saturated heterocycles. The van der Waals surface area contributed by atoms with Crippen LogP contribution in [0.3, 0.4) is 0 Å². The van der Waals surface area contributed by atoms with E-state index >= 15 is 0 Å². The lowest BCUT2D eigenvalue weighted by molar-refractivity contribution is -0.132. The van der Waals surface area contributed by atoms with Crippen LogP contribution in [0.15, 0.2) is 0 Å². The zero-order valence-electron chi connectivity index (χ0n) is 10.2. The summed E-state index contributed by atoms with van der Waals surface area (Å²) in [5.41, 5.74) is 0. The molecule has 0 aromatic rings. The summed E-state index contributed by atoms with van der Waals surface area (Å²) < 4.78 is 0. The Bertz CT molecular complexity index is 251. The fourth-order valence-corrected chi connectivity index (χ4v) is 2.37. The van der Waals surface area contributed by atoms with Crippen LogP contribution in [-0.2, 0) is 4.79 Å². The van der Waals surface area contributed by atoms with Crippen molar-refractivity contribution < 1.29 is 4.79 Å². The lowest BCUT2D eigenvalue weighted by atomic mass is 9.94. The van der Waals surface area contributed by atoms with Crippen LogP contribution in [0.1, 0.15) is 39.0 Å². The molecule has 1 saturated carbocycles. The van der Waals surface area contributed by atoms with Gasteiger partial charge in [0.2, 0.25) is 5.91 Å². The third-order valence-electron chi connectivity index (χ3n) is 3.18. The normalized spacial score (nSPS) is 16.8. The van der Waals surface area contributed by atoms with Gasteiger partial charge in [0.1, 0.15) is 0 Å². The molecule has 0 atom stereocenters. The number of hydrogen-bond acceptors (Lipinski definition) is 2. The van der Waals surface area contributed by atoms with E-state index < -0.39 is 0 Å². The van der Waals surface area contributed by atoms with E-state index in [9.17, 15) is 4.79 Å². The second-order valence-corrected chi connectivity index (χ2v) is 4.28. The second-order valence-electron chi connectivity index (χ2n) is 4.28. The summed E-state index contributed by atoms with van der Waals surface area (Å²) in [4.78, 5) is 13.9. The predicted molar refractivity (Wildman–Crippen MR) is 66.0 cm³/mol. The maximum Gasteiger partial charge on any atom is 0.236 e. The number of nitrogens with zero attached hydrogens (tertiary/aromatic N) is 1. The Morgan fingerprint density at radius 1 is 1.44 bits per heavy atom. The number of likely N-dealkylation sites (N-methyl/N-ethyl adjacent to an activating group) is 1. The van der Waals surface area contributed by atoms with Gasteiger partial charge in [0.05, 0.1) is 13.1 Å². The molecule has 1 fully saturated rings. The Morgan fingerprint density at radius 2 is 2.12 bits per heavy atom. The van der Waals surface area contributed by atoms with E-state index in [1.807, 2.05) is 11.8 Å². The first-order valence-corrected chi connectivity index (χ1v) is 6.23. The molecule has 0 heterocycles. The van der Waals surface area contributed by atoms with Crippen molar-refractivity contribution >= 4 is 5.91 Å². The zero-order valence-corrected chi connectivity index (χ0v) is 10.2. The fraction of sp³-hybridized carbons (Fsp3) is 0.769. The number of carbonyl (C=O) groups is 1. The number of terminal acetylenes is 1. The molecule has 0 bridgehead atoms. The van der Waals surface area contributed by atoms with Crippen LogP contribution in [0, 0.1) is 12.3 Å². The topological polar surface area (TPSA) is 32.3 Å². The highest BCUT2D eigenvalue weighted by Crippen LogP contribution is 2.22. The second kappa shape index (κ2) is 7.29. The summed E-state index contributed by atoms with van der Waals surface area (Å²) in [7, 11) is 0. The van der Waals surface area contributed by atoms with Crippen LogP contribution in [-0.4, -0.2) is 36.5 Å². The number of nitrogens with one attached hydrogen (secondary N) is 1. The minimum absolute atomic E-state index is 0.185. The van der Waals surface area contributed by atoms with Crippen LogP contribution in [0.2, 0.25) is 0 Å². The molecule has 1 aliphatic rings. The number of amides is 1. The molecular weight excluding hydrogens is 200 g/mol. The summed E-state index contributed by atoms with van der Waals surface area (Å²) in [6, 6.07) is 0.457. The predicted octanol–water partition coefficient (Wildman–Crippen LogP) is 1.39. The van der Waals surface area contributed by atoms with Crippen molar-refractivity contribution in [1.82, 2.24) is 10.2 Å². The van der Waals surface area contributed by atoms with Crippen molar-refractivity contribution in [2.24, 2.45) is 0 Å². The molecule has 1 N–H and O–H groups in total. The van der Waals surface area contributed by atoms with Crippen LogP contribution in [0.4, 0.5) is 0 Å². The van der Waals surface area contributed by atoms with E-state index in [0.29, 0.717) is 19.1 Å². The molecule has 1 rings (SSSR count). The van der Waals surface area contributed by atoms with Gasteiger partial charge in [-0.05, 0) is 19.8 Å². The average Bonchev–Trinajstić information content (AvgIpc) is 2.32. The van der Waals surface area contributed by atoms with Crippen molar-refractivity contribution in [2.75, 3.05) is 19.6 Å². The molecular formula is C13H22N2O. The Balaban J connectivity index is 2.39. The fourth-order valence-electron chi connectivity index (χ4n) is 2.37. The van der Waals surface area contributed by atoms with Crippen molar-refractivity contribution in [1.29, 1.82) is 0 Å². The first-order valence-electron chi connectivity index (χ1n) is 6.23. The molecule has 0 unspecified atom stereocenters. The molecule has 0 radical (unpaired) electrons. The van der Waals surface area contributed by atoms with Crippen molar-refractivity contribution in [2.45, 2.75) is 45.1 Å². The average molecular weight is 222 g/mol. The number of hydrogen-bond donors (Lipinski definition) is 1. The summed E-state index contributed by atoms with van der Waals surface area (Å²) >= 11 is 0. The number of carbonyl (C=O) groups excluding carboxylic acids is 1. The summed E-state index contributed by atoms with van der Waals surface area (Å²) in [5, 5.41) is 2.96.